The molecular formula is C18H15ClF2N2O2S2. The maximum atomic E-state index is 12.1. The minimum absolute atomic E-state index is 0.0880. The van der Waals surface area contributed by atoms with Crippen molar-refractivity contribution in [1.29, 1.82) is 0 Å². The second kappa shape index (κ2) is 9.34. The van der Waals surface area contributed by atoms with Crippen molar-refractivity contribution in [3.63, 3.8) is 0 Å². The van der Waals surface area contributed by atoms with Gasteiger partial charge in [0.05, 0.1) is 16.0 Å². The molecule has 1 N–H and O–H groups in total. The lowest BCUT2D eigenvalue weighted by atomic mass is 10.1. The van der Waals surface area contributed by atoms with Crippen LogP contribution in [0.5, 0.6) is 5.75 Å². The van der Waals surface area contributed by atoms with E-state index in [1.807, 2.05) is 12.1 Å². The number of hydrogen-bond acceptors (Lipinski definition) is 5. The molecule has 3 aromatic rings. The molecular weight excluding hydrogens is 414 g/mol. The van der Waals surface area contributed by atoms with Gasteiger partial charge in [0, 0.05) is 11.6 Å². The van der Waals surface area contributed by atoms with Gasteiger partial charge in [-0.1, -0.05) is 35.5 Å². The Bertz CT molecular complexity index is 919. The number of rotatable bonds is 8. The number of halogens is 3. The van der Waals surface area contributed by atoms with Crippen LogP contribution in [-0.4, -0.2) is 29.8 Å². The third-order valence-electron chi connectivity index (χ3n) is 3.54. The van der Waals surface area contributed by atoms with Gasteiger partial charge in [0.1, 0.15) is 5.75 Å². The first-order chi connectivity index (χ1) is 13.0. The predicted octanol–water partition coefficient (Wildman–Crippen LogP) is 5.00. The molecule has 1 heterocycles. The van der Waals surface area contributed by atoms with Crippen molar-refractivity contribution in [2.24, 2.45) is 0 Å². The number of thioether (sulfide) groups is 1. The molecule has 4 nitrogen and oxygen atoms in total. The molecule has 0 bridgehead atoms. The summed E-state index contributed by atoms with van der Waals surface area (Å²) in [5.74, 6) is 0.301. The highest BCUT2D eigenvalue weighted by Gasteiger charge is 2.08. The Morgan fingerprint density at radius 2 is 2.04 bits per heavy atom. The molecule has 3 rings (SSSR count). The SMILES string of the molecule is O=C(CSc1nc2cc(Cl)ccc2s1)NCCc1ccc(OC(F)F)cc1. The number of thiazole rings is 1. The predicted molar refractivity (Wildman–Crippen MR) is 105 cm³/mol. The number of carbonyl (C=O) groups excluding carboxylic acids is 1. The Morgan fingerprint density at radius 1 is 1.26 bits per heavy atom. The average molecular weight is 429 g/mol. The van der Waals surface area contributed by atoms with Gasteiger partial charge in [0.2, 0.25) is 5.91 Å². The van der Waals surface area contributed by atoms with Gasteiger partial charge in [-0.2, -0.15) is 8.78 Å². The molecule has 9 heteroatoms. The quantitative estimate of drug-likeness (QED) is 0.513. The van der Waals surface area contributed by atoms with E-state index >= 15 is 0 Å². The fourth-order valence-electron chi connectivity index (χ4n) is 2.30. The summed E-state index contributed by atoms with van der Waals surface area (Å²) in [5, 5.41) is 3.47. The van der Waals surface area contributed by atoms with E-state index in [-0.39, 0.29) is 17.4 Å². The summed E-state index contributed by atoms with van der Waals surface area (Å²) in [6, 6.07) is 11.9. The van der Waals surface area contributed by atoms with Gasteiger partial charge in [-0.25, -0.2) is 4.98 Å². The van der Waals surface area contributed by atoms with E-state index in [0.29, 0.717) is 18.0 Å². The third-order valence-corrected chi connectivity index (χ3v) is 5.96. The van der Waals surface area contributed by atoms with Crippen molar-refractivity contribution in [2.75, 3.05) is 12.3 Å². The van der Waals surface area contributed by atoms with E-state index in [4.69, 9.17) is 11.6 Å². The van der Waals surface area contributed by atoms with Crippen molar-refractivity contribution < 1.29 is 18.3 Å². The molecule has 0 fully saturated rings. The van der Waals surface area contributed by atoms with Gasteiger partial charge in [0.25, 0.3) is 0 Å². The van der Waals surface area contributed by atoms with Crippen LogP contribution < -0.4 is 10.1 Å². The maximum Gasteiger partial charge on any atom is 0.387 e. The van der Waals surface area contributed by atoms with Gasteiger partial charge < -0.3 is 10.1 Å². The summed E-state index contributed by atoms with van der Waals surface area (Å²) in [7, 11) is 0. The topological polar surface area (TPSA) is 51.2 Å². The first-order valence-electron chi connectivity index (χ1n) is 7.99. The number of nitrogens with zero attached hydrogens (tertiary/aromatic N) is 1. The summed E-state index contributed by atoms with van der Waals surface area (Å²) in [6.07, 6.45) is 0.602. The Hall–Kier alpha value is -1.90. The zero-order chi connectivity index (χ0) is 19.2. The van der Waals surface area contributed by atoms with Crippen LogP contribution in [0.25, 0.3) is 10.2 Å². The number of nitrogens with one attached hydrogen (secondary N) is 1. The molecule has 0 atom stereocenters. The molecule has 142 valence electrons. The number of carbonyl (C=O) groups is 1. The van der Waals surface area contributed by atoms with Crippen molar-refractivity contribution in [3.8, 4) is 5.75 Å². The smallest absolute Gasteiger partial charge is 0.387 e. The normalized spacial score (nSPS) is 11.1. The highest BCUT2D eigenvalue weighted by atomic mass is 35.5. The second-order valence-corrected chi connectivity index (χ2v) is 8.19. The largest absolute Gasteiger partial charge is 0.435 e. The Kier molecular flexibility index (Phi) is 6.87. The Morgan fingerprint density at radius 3 is 2.78 bits per heavy atom. The lowest BCUT2D eigenvalue weighted by Gasteiger charge is -2.07. The van der Waals surface area contributed by atoms with Gasteiger partial charge in [-0.3, -0.25) is 4.79 Å². The van der Waals surface area contributed by atoms with Crippen molar-refractivity contribution in [2.45, 2.75) is 17.4 Å². The molecule has 0 aliphatic carbocycles. The average Bonchev–Trinajstić information content (AvgIpc) is 3.03. The van der Waals surface area contributed by atoms with Gasteiger partial charge in [-0.15, -0.1) is 11.3 Å². The molecule has 0 saturated heterocycles. The molecule has 2 aromatic carbocycles. The summed E-state index contributed by atoms with van der Waals surface area (Å²) < 4.78 is 30.4. The van der Waals surface area contributed by atoms with Gasteiger partial charge in [0.15, 0.2) is 4.34 Å². The van der Waals surface area contributed by atoms with Crippen molar-refractivity contribution in [1.82, 2.24) is 10.3 Å². The molecule has 1 aromatic heterocycles. The van der Waals surface area contributed by atoms with Crippen LogP contribution in [0, 0.1) is 0 Å². The van der Waals surface area contributed by atoms with E-state index < -0.39 is 6.61 Å². The number of fused-ring (bicyclic) bond motifs is 1. The van der Waals surface area contributed by atoms with Crippen LogP contribution in [0.1, 0.15) is 5.56 Å². The minimum atomic E-state index is -2.83. The van der Waals surface area contributed by atoms with Gasteiger partial charge >= 0.3 is 6.61 Å². The van der Waals surface area contributed by atoms with Crippen molar-refractivity contribution >= 4 is 50.8 Å². The molecule has 0 aliphatic rings. The number of alkyl halides is 2. The molecule has 0 aliphatic heterocycles. The van der Waals surface area contributed by atoms with E-state index in [1.165, 1.54) is 35.2 Å². The summed E-state index contributed by atoms with van der Waals surface area (Å²) in [6.45, 7) is -2.37. The molecule has 0 spiro atoms. The fourth-order valence-corrected chi connectivity index (χ4v) is 4.35. The van der Waals surface area contributed by atoms with E-state index in [1.54, 1.807) is 18.2 Å². The summed E-state index contributed by atoms with van der Waals surface area (Å²) in [4.78, 5) is 16.4. The van der Waals surface area contributed by atoms with Crippen LogP contribution in [-0.2, 0) is 11.2 Å². The fraction of sp³-hybridized carbons (Fsp3) is 0.222. The number of ether oxygens (including phenoxy) is 1. The highest BCUT2D eigenvalue weighted by molar-refractivity contribution is 8.01. The van der Waals surface area contributed by atoms with Crippen LogP contribution in [0.2, 0.25) is 5.02 Å². The first-order valence-corrected chi connectivity index (χ1v) is 10.2. The molecule has 0 unspecified atom stereocenters. The summed E-state index contributed by atoms with van der Waals surface area (Å²) >= 11 is 8.85. The highest BCUT2D eigenvalue weighted by Crippen LogP contribution is 2.30. The standard InChI is InChI=1S/C18H15ClF2N2O2S2/c19-12-3-6-15-14(9-12)23-18(27-15)26-10-16(24)22-8-7-11-1-4-13(5-2-11)25-17(20)21/h1-6,9,17H,7-8,10H2,(H,22,24). The molecule has 27 heavy (non-hydrogen) atoms. The van der Waals surface area contributed by atoms with E-state index in [9.17, 15) is 13.6 Å². The maximum absolute atomic E-state index is 12.1. The van der Waals surface area contributed by atoms with Crippen LogP contribution in [0.15, 0.2) is 46.8 Å². The summed E-state index contributed by atoms with van der Waals surface area (Å²) in [5.41, 5.74) is 1.75. The molecule has 1 amide bonds. The number of benzene rings is 2. The number of amides is 1. The molecule has 0 saturated carbocycles. The van der Waals surface area contributed by atoms with Crippen LogP contribution in [0.3, 0.4) is 0 Å². The number of aromatic nitrogens is 1. The van der Waals surface area contributed by atoms with Crippen LogP contribution in [0.4, 0.5) is 8.78 Å². The lowest BCUT2D eigenvalue weighted by molar-refractivity contribution is -0.118. The zero-order valence-electron chi connectivity index (χ0n) is 14.0. The first kappa shape index (κ1) is 19.9. The van der Waals surface area contributed by atoms with Crippen molar-refractivity contribution in [3.05, 3.63) is 53.1 Å². The Labute approximate surface area is 167 Å². The third kappa shape index (κ3) is 6.05. The monoisotopic (exact) mass is 428 g/mol. The van der Waals surface area contributed by atoms with Gasteiger partial charge in [-0.05, 0) is 42.3 Å². The van der Waals surface area contributed by atoms with E-state index in [2.05, 4.69) is 15.0 Å². The minimum Gasteiger partial charge on any atom is -0.435 e. The number of hydrogen-bond donors (Lipinski definition) is 1. The Balaban J connectivity index is 1.41. The molecule has 0 radical (unpaired) electrons. The van der Waals surface area contributed by atoms with Crippen LogP contribution >= 0.6 is 34.7 Å². The van der Waals surface area contributed by atoms with E-state index in [0.717, 1.165) is 20.1 Å². The lowest BCUT2D eigenvalue weighted by Crippen LogP contribution is -2.27. The second-order valence-electron chi connectivity index (χ2n) is 5.50. The zero-order valence-corrected chi connectivity index (χ0v) is 16.3.